The van der Waals surface area contributed by atoms with Gasteiger partial charge in [-0.2, -0.15) is 5.26 Å². The maximum Gasteiger partial charge on any atom is 0.354 e. The zero-order chi connectivity index (χ0) is 29.3. The standard InChI is InChI=1S/C27H35N5O8S/c28-20-41-23-16-22(30-25(17-23)27(35)36)19-32-6-10-39-14-12-37-8-4-31(5-9-38-13-15-40-11-7-32)18-21-2-1-3-24(29-21)26(33)34/h1-3,16-17H,4-15,18-19H2,(H,33,34)(H,35,36). The predicted octanol–water partition coefficient (Wildman–Crippen LogP) is 1.83. The lowest BCUT2D eigenvalue weighted by atomic mass is 10.2. The fraction of sp³-hybridized carbons (Fsp3) is 0.519. The number of thioether (sulfide) groups is 1. The van der Waals surface area contributed by atoms with Crippen molar-refractivity contribution in [3.8, 4) is 5.40 Å². The number of carboxylic acid groups (broad SMARTS) is 2. The summed E-state index contributed by atoms with van der Waals surface area (Å²) in [5.74, 6) is -2.21. The highest BCUT2D eigenvalue weighted by Crippen LogP contribution is 2.19. The van der Waals surface area contributed by atoms with Crippen LogP contribution in [-0.4, -0.2) is 121 Å². The highest BCUT2D eigenvalue weighted by atomic mass is 32.2. The fourth-order valence-electron chi connectivity index (χ4n) is 3.97. The van der Waals surface area contributed by atoms with Gasteiger partial charge in [0.05, 0.1) is 64.2 Å². The molecule has 3 heterocycles. The van der Waals surface area contributed by atoms with Gasteiger partial charge in [0.1, 0.15) is 16.8 Å². The molecule has 0 atom stereocenters. The van der Waals surface area contributed by atoms with Crippen molar-refractivity contribution in [2.24, 2.45) is 0 Å². The first-order valence-corrected chi connectivity index (χ1v) is 14.0. The van der Waals surface area contributed by atoms with Crippen LogP contribution in [0.2, 0.25) is 0 Å². The van der Waals surface area contributed by atoms with Gasteiger partial charge < -0.3 is 29.2 Å². The van der Waals surface area contributed by atoms with Gasteiger partial charge in [-0.3, -0.25) is 9.80 Å². The number of carbonyl (C=O) groups is 2. The van der Waals surface area contributed by atoms with Gasteiger partial charge in [-0.1, -0.05) is 6.07 Å². The van der Waals surface area contributed by atoms with Crippen LogP contribution in [0.1, 0.15) is 32.4 Å². The average molecular weight is 590 g/mol. The SMILES string of the molecule is N#CSc1cc(CN2CCOCCOCCN(Cc3cccc(C(=O)O)n3)CCOCCOCC2)nc(C(=O)O)c1. The molecule has 1 saturated heterocycles. The average Bonchev–Trinajstić information content (AvgIpc) is 2.95. The summed E-state index contributed by atoms with van der Waals surface area (Å²) in [7, 11) is 0. The van der Waals surface area contributed by atoms with Gasteiger partial charge in [-0.25, -0.2) is 19.6 Å². The first-order valence-electron chi connectivity index (χ1n) is 13.2. The first kappa shape index (κ1) is 32.4. The molecule has 1 fully saturated rings. The highest BCUT2D eigenvalue weighted by Gasteiger charge is 2.14. The van der Waals surface area contributed by atoms with Gasteiger partial charge in [-0.15, -0.1) is 0 Å². The molecule has 222 valence electrons. The largest absolute Gasteiger partial charge is 0.477 e. The van der Waals surface area contributed by atoms with E-state index in [1.165, 1.54) is 12.1 Å². The molecule has 0 saturated carbocycles. The van der Waals surface area contributed by atoms with Crippen LogP contribution in [0.5, 0.6) is 0 Å². The molecule has 0 bridgehead atoms. The Balaban J connectivity index is 1.52. The van der Waals surface area contributed by atoms with Crippen LogP contribution in [0.15, 0.2) is 35.2 Å². The summed E-state index contributed by atoms with van der Waals surface area (Å²) >= 11 is 0.894. The van der Waals surface area contributed by atoms with E-state index in [0.717, 1.165) is 11.8 Å². The van der Waals surface area contributed by atoms with Crippen molar-refractivity contribution in [2.45, 2.75) is 18.0 Å². The Morgan fingerprint density at radius 2 is 1.24 bits per heavy atom. The first-order chi connectivity index (χ1) is 19.9. The van der Waals surface area contributed by atoms with Crippen molar-refractivity contribution in [3.05, 3.63) is 53.1 Å². The van der Waals surface area contributed by atoms with Crippen molar-refractivity contribution in [1.29, 1.82) is 5.26 Å². The van der Waals surface area contributed by atoms with Gasteiger partial charge in [0, 0.05) is 44.2 Å². The number of hydrogen-bond donors (Lipinski definition) is 2. The second kappa shape index (κ2) is 18.3. The Bertz CT molecular complexity index is 1140. The fourth-order valence-corrected chi connectivity index (χ4v) is 4.44. The molecular weight excluding hydrogens is 554 g/mol. The summed E-state index contributed by atoms with van der Waals surface area (Å²) in [4.78, 5) is 35.9. The molecule has 2 aromatic heterocycles. The zero-order valence-corrected chi connectivity index (χ0v) is 23.6. The molecule has 0 radical (unpaired) electrons. The number of thiocyanates is 1. The lowest BCUT2D eigenvalue weighted by Gasteiger charge is -2.23. The second-order valence-electron chi connectivity index (χ2n) is 9.00. The molecule has 1 aliphatic rings. The second-order valence-corrected chi connectivity index (χ2v) is 9.86. The van der Waals surface area contributed by atoms with Crippen molar-refractivity contribution in [1.82, 2.24) is 19.8 Å². The van der Waals surface area contributed by atoms with Crippen LogP contribution in [0.25, 0.3) is 0 Å². The molecule has 13 nitrogen and oxygen atoms in total. The van der Waals surface area contributed by atoms with Crippen molar-refractivity contribution in [2.75, 3.05) is 79.0 Å². The van der Waals surface area contributed by atoms with Gasteiger partial charge in [-0.05, 0) is 36.0 Å². The summed E-state index contributed by atoms with van der Waals surface area (Å²) in [5, 5.41) is 29.6. The van der Waals surface area contributed by atoms with E-state index in [4.69, 9.17) is 24.2 Å². The Hall–Kier alpha value is -3.16. The van der Waals surface area contributed by atoms with Crippen LogP contribution in [0, 0.1) is 10.7 Å². The normalized spacial score (nSPS) is 17.6. The minimum Gasteiger partial charge on any atom is -0.477 e. The number of aromatic carboxylic acids is 2. The number of aromatic nitrogens is 2. The van der Waals surface area contributed by atoms with E-state index >= 15 is 0 Å². The number of nitrogens with zero attached hydrogens (tertiary/aromatic N) is 5. The van der Waals surface area contributed by atoms with Crippen molar-refractivity contribution < 1.29 is 38.7 Å². The topological polar surface area (TPSA) is 168 Å². The molecule has 3 rings (SSSR count). The van der Waals surface area contributed by atoms with E-state index < -0.39 is 11.9 Å². The van der Waals surface area contributed by atoms with Gasteiger partial charge in [0.25, 0.3) is 0 Å². The third-order valence-corrected chi connectivity index (χ3v) is 6.55. The van der Waals surface area contributed by atoms with E-state index in [2.05, 4.69) is 19.8 Å². The van der Waals surface area contributed by atoms with Crippen molar-refractivity contribution in [3.63, 3.8) is 0 Å². The maximum atomic E-state index is 11.5. The molecule has 2 aromatic rings. The molecule has 2 N–H and O–H groups in total. The lowest BCUT2D eigenvalue weighted by Crippen LogP contribution is -2.33. The van der Waals surface area contributed by atoms with Crippen LogP contribution in [-0.2, 0) is 32.0 Å². The zero-order valence-electron chi connectivity index (χ0n) is 22.8. The Morgan fingerprint density at radius 1 is 0.756 bits per heavy atom. The number of nitriles is 1. The summed E-state index contributed by atoms with van der Waals surface area (Å²) in [5.41, 5.74) is 1.11. The monoisotopic (exact) mass is 589 g/mol. The van der Waals surface area contributed by atoms with E-state index in [0.29, 0.717) is 108 Å². The van der Waals surface area contributed by atoms with Crippen LogP contribution >= 0.6 is 11.8 Å². The Kier molecular flexibility index (Phi) is 14.4. The van der Waals surface area contributed by atoms with Crippen LogP contribution < -0.4 is 0 Å². The van der Waals surface area contributed by atoms with E-state index in [1.807, 2.05) is 5.40 Å². The minimum absolute atomic E-state index is 0.0112. The smallest absolute Gasteiger partial charge is 0.354 e. The molecule has 0 unspecified atom stereocenters. The highest BCUT2D eigenvalue weighted by molar-refractivity contribution is 8.03. The summed E-state index contributed by atoms with van der Waals surface area (Å²) in [6, 6.07) is 8.06. The number of ether oxygens (including phenoxy) is 4. The molecule has 0 amide bonds. The molecule has 0 spiro atoms. The number of carboxylic acids is 2. The molecule has 0 aromatic carbocycles. The lowest BCUT2D eigenvalue weighted by molar-refractivity contribution is 0.00596. The Morgan fingerprint density at radius 3 is 1.73 bits per heavy atom. The van der Waals surface area contributed by atoms with Crippen LogP contribution in [0.4, 0.5) is 0 Å². The number of pyridine rings is 2. The quantitative estimate of drug-likeness (QED) is 0.354. The summed E-state index contributed by atoms with van der Waals surface area (Å²) in [6.45, 7) is 6.64. The van der Waals surface area contributed by atoms with Crippen molar-refractivity contribution >= 4 is 23.7 Å². The third kappa shape index (κ3) is 12.5. The van der Waals surface area contributed by atoms with Crippen LogP contribution in [0.3, 0.4) is 0 Å². The minimum atomic E-state index is -1.15. The third-order valence-electron chi connectivity index (χ3n) is 5.98. The van der Waals surface area contributed by atoms with Gasteiger partial charge >= 0.3 is 11.9 Å². The van der Waals surface area contributed by atoms with Gasteiger partial charge in [0.2, 0.25) is 0 Å². The van der Waals surface area contributed by atoms with E-state index in [9.17, 15) is 19.8 Å². The summed E-state index contributed by atoms with van der Waals surface area (Å²) < 4.78 is 23.0. The van der Waals surface area contributed by atoms with E-state index in [-0.39, 0.29) is 11.4 Å². The van der Waals surface area contributed by atoms with Gasteiger partial charge in [0.15, 0.2) is 0 Å². The number of hydrogen-bond acceptors (Lipinski definition) is 12. The molecule has 41 heavy (non-hydrogen) atoms. The molecule has 0 aliphatic carbocycles. The Labute approximate surface area is 243 Å². The maximum absolute atomic E-state index is 11.5. The predicted molar refractivity (Wildman–Crippen MR) is 148 cm³/mol. The number of rotatable bonds is 7. The molecule has 14 heteroatoms. The summed E-state index contributed by atoms with van der Waals surface area (Å²) in [6.07, 6.45) is 0. The van der Waals surface area contributed by atoms with E-state index in [1.54, 1.807) is 18.2 Å². The molecule has 1 aliphatic heterocycles. The molecular formula is C27H35N5O8S.